The molecule has 98 valence electrons. The van der Waals surface area contributed by atoms with E-state index in [2.05, 4.69) is 20.7 Å². The molecule has 0 saturated carbocycles. The van der Waals surface area contributed by atoms with E-state index in [1.54, 1.807) is 0 Å². The van der Waals surface area contributed by atoms with Gasteiger partial charge in [0.2, 0.25) is 0 Å². The molecule has 3 nitrogen and oxygen atoms in total. The van der Waals surface area contributed by atoms with Crippen LogP contribution in [0.1, 0.15) is 11.6 Å². The molecule has 17 heavy (non-hydrogen) atoms. The number of halogens is 5. The van der Waals surface area contributed by atoms with Crippen molar-refractivity contribution in [2.24, 2.45) is 11.5 Å². The normalized spacial score (nSPS) is 12.8. The van der Waals surface area contributed by atoms with Gasteiger partial charge in [0.25, 0.3) is 0 Å². The lowest BCUT2D eigenvalue weighted by atomic mass is 10.1. The van der Waals surface area contributed by atoms with Crippen LogP contribution in [0.15, 0.2) is 22.7 Å². The first-order valence-corrected chi connectivity index (χ1v) is 5.13. The van der Waals surface area contributed by atoms with Gasteiger partial charge in [0.15, 0.2) is 0 Å². The van der Waals surface area contributed by atoms with Crippen LogP contribution in [0.25, 0.3) is 0 Å². The van der Waals surface area contributed by atoms with Crippen LogP contribution in [0, 0.1) is 0 Å². The van der Waals surface area contributed by atoms with Gasteiger partial charge >= 0.3 is 6.36 Å². The highest BCUT2D eigenvalue weighted by atomic mass is 79.9. The molecule has 0 radical (unpaired) electrons. The molecule has 8 heteroatoms. The molecule has 1 rings (SSSR count). The van der Waals surface area contributed by atoms with Crippen LogP contribution < -0.4 is 16.2 Å². The molecule has 0 saturated heterocycles. The van der Waals surface area contributed by atoms with Crippen LogP contribution >= 0.6 is 28.3 Å². The highest BCUT2D eigenvalue weighted by Gasteiger charge is 2.32. The predicted molar refractivity (Wildman–Crippen MR) is 64.1 cm³/mol. The van der Waals surface area contributed by atoms with E-state index in [-0.39, 0.29) is 30.3 Å². The van der Waals surface area contributed by atoms with Crippen LogP contribution in [0.5, 0.6) is 5.75 Å². The zero-order valence-electron chi connectivity index (χ0n) is 8.50. The van der Waals surface area contributed by atoms with Gasteiger partial charge in [0.05, 0.1) is 0 Å². The van der Waals surface area contributed by atoms with E-state index in [0.717, 1.165) is 0 Å². The SMILES string of the molecule is Cl.NC[C@@H](N)c1cc(Br)ccc1OC(F)(F)F. The molecule has 0 aliphatic heterocycles. The summed E-state index contributed by atoms with van der Waals surface area (Å²) < 4.78 is 40.7. The molecule has 1 aromatic carbocycles. The van der Waals surface area contributed by atoms with E-state index in [9.17, 15) is 13.2 Å². The Morgan fingerprint density at radius 3 is 2.41 bits per heavy atom. The van der Waals surface area contributed by atoms with Crippen molar-refractivity contribution in [2.45, 2.75) is 12.4 Å². The molecule has 0 aromatic heterocycles. The molecule has 0 heterocycles. The van der Waals surface area contributed by atoms with Gasteiger partial charge in [-0.15, -0.1) is 25.6 Å². The molecule has 0 bridgehead atoms. The van der Waals surface area contributed by atoms with Crippen LogP contribution in [0.3, 0.4) is 0 Å². The standard InChI is InChI=1S/C9H10BrF3N2O.ClH/c10-5-1-2-8(16-9(11,12)13)6(3-5)7(15)4-14;/h1-3,7H,4,14-15H2;1H/t7-;/m1./s1. The number of benzene rings is 1. The molecule has 0 unspecified atom stereocenters. The van der Waals surface area contributed by atoms with Crippen molar-refractivity contribution in [1.29, 1.82) is 0 Å². The molecular formula is C9H11BrClF3N2O. The summed E-state index contributed by atoms with van der Waals surface area (Å²) in [6.45, 7) is 0.0324. The van der Waals surface area contributed by atoms with E-state index in [1.165, 1.54) is 18.2 Å². The fraction of sp³-hybridized carbons (Fsp3) is 0.333. The molecule has 0 amide bonds. The first-order valence-electron chi connectivity index (χ1n) is 4.34. The lowest BCUT2D eigenvalue weighted by Crippen LogP contribution is -2.24. The van der Waals surface area contributed by atoms with E-state index in [1.807, 2.05) is 0 Å². The zero-order chi connectivity index (χ0) is 12.3. The Balaban J connectivity index is 0.00000256. The van der Waals surface area contributed by atoms with Crippen molar-refractivity contribution in [3.05, 3.63) is 28.2 Å². The lowest BCUT2D eigenvalue weighted by Gasteiger charge is -2.17. The molecule has 0 spiro atoms. The second kappa shape index (κ2) is 6.44. The van der Waals surface area contributed by atoms with Gasteiger partial charge in [-0.1, -0.05) is 15.9 Å². The molecule has 0 aliphatic rings. The summed E-state index contributed by atoms with van der Waals surface area (Å²) in [6.07, 6.45) is -4.74. The third kappa shape index (κ3) is 5.12. The van der Waals surface area contributed by atoms with Gasteiger partial charge in [-0.25, -0.2) is 0 Å². The van der Waals surface area contributed by atoms with Crippen molar-refractivity contribution in [1.82, 2.24) is 0 Å². The summed E-state index contributed by atoms with van der Waals surface area (Å²) >= 11 is 3.14. The summed E-state index contributed by atoms with van der Waals surface area (Å²) in [7, 11) is 0. The van der Waals surface area contributed by atoms with Crippen LogP contribution in [0.4, 0.5) is 13.2 Å². The van der Waals surface area contributed by atoms with E-state index in [0.29, 0.717) is 4.47 Å². The fourth-order valence-electron chi connectivity index (χ4n) is 1.15. The summed E-state index contributed by atoms with van der Waals surface area (Å²) in [5.41, 5.74) is 11.1. The van der Waals surface area contributed by atoms with Crippen molar-refractivity contribution >= 4 is 28.3 Å². The summed E-state index contributed by atoms with van der Waals surface area (Å²) in [4.78, 5) is 0. The maximum atomic E-state index is 12.1. The Hall–Kier alpha value is -0.500. The smallest absolute Gasteiger partial charge is 0.405 e. The van der Waals surface area contributed by atoms with Crippen molar-refractivity contribution in [3.8, 4) is 5.75 Å². The van der Waals surface area contributed by atoms with Crippen LogP contribution in [-0.4, -0.2) is 12.9 Å². The second-order valence-electron chi connectivity index (χ2n) is 3.07. The average molecular weight is 336 g/mol. The van der Waals surface area contributed by atoms with E-state index < -0.39 is 12.4 Å². The highest BCUT2D eigenvalue weighted by molar-refractivity contribution is 9.10. The number of rotatable bonds is 3. The predicted octanol–water partition coefficient (Wildman–Crippen LogP) is 2.73. The monoisotopic (exact) mass is 334 g/mol. The molecule has 1 aromatic rings. The maximum Gasteiger partial charge on any atom is 0.573 e. The second-order valence-corrected chi connectivity index (χ2v) is 3.99. The molecule has 0 fully saturated rings. The third-order valence-electron chi connectivity index (χ3n) is 1.85. The average Bonchev–Trinajstić information content (AvgIpc) is 2.17. The van der Waals surface area contributed by atoms with E-state index in [4.69, 9.17) is 11.5 Å². The number of alkyl halides is 3. The Kier molecular flexibility index (Phi) is 6.25. The number of nitrogens with two attached hydrogens (primary N) is 2. The number of hydrogen-bond donors (Lipinski definition) is 2. The Bertz CT molecular complexity index is 376. The Morgan fingerprint density at radius 2 is 1.94 bits per heavy atom. The van der Waals surface area contributed by atoms with Crippen molar-refractivity contribution < 1.29 is 17.9 Å². The first-order chi connectivity index (χ1) is 7.33. The van der Waals surface area contributed by atoms with Crippen LogP contribution in [0.2, 0.25) is 0 Å². The maximum absolute atomic E-state index is 12.1. The topological polar surface area (TPSA) is 61.3 Å². The third-order valence-corrected chi connectivity index (χ3v) is 2.34. The largest absolute Gasteiger partial charge is 0.573 e. The molecular weight excluding hydrogens is 324 g/mol. The van der Waals surface area contributed by atoms with Gasteiger partial charge < -0.3 is 16.2 Å². The zero-order valence-corrected chi connectivity index (χ0v) is 10.9. The van der Waals surface area contributed by atoms with Crippen molar-refractivity contribution in [2.75, 3.05) is 6.54 Å². The number of hydrogen-bond acceptors (Lipinski definition) is 3. The minimum Gasteiger partial charge on any atom is -0.405 e. The minimum atomic E-state index is -4.74. The lowest BCUT2D eigenvalue weighted by molar-refractivity contribution is -0.275. The highest BCUT2D eigenvalue weighted by Crippen LogP contribution is 2.31. The van der Waals surface area contributed by atoms with E-state index >= 15 is 0 Å². The molecule has 4 N–H and O–H groups in total. The van der Waals surface area contributed by atoms with Gasteiger partial charge in [-0.2, -0.15) is 0 Å². The minimum absolute atomic E-state index is 0. The Labute approximate surface area is 111 Å². The molecule has 0 aliphatic carbocycles. The Morgan fingerprint density at radius 1 is 1.35 bits per heavy atom. The quantitative estimate of drug-likeness (QED) is 0.893. The summed E-state index contributed by atoms with van der Waals surface area (Å²) in [6, 6.07) is 3.39. The van der Waals surface area contributed by atoms with Gasteiger partial charge in [0.1, 0.15) is 5.75 Å². The number of ether oxygens (including phenoxy) is 1. The molecule has 1 atom stereocenters. The summed E-state index contributed by atoms with van der Waals surface area (Å²) in [5, 5.41) is 0. The van der Waals surface area contributed by atoms with Gasteiger partial charge in [-0.3, -0.25) is 0 Å². The van der Waals surface area contributed by atoms with Gasteiger partial charge in [-0.05, 0) is 18.2 Å². The van der Waals surface area contributed by atoms with Crippen molar-refractivity contribution in [3.63, 3.8) is 0 Å². The van der Waals surface area contributed by atoms with Gasteiger partial charge in [0, 0.05) is 22.6 Å². The first kappa shape index (κ1) is 16.5. The fourth-order valence-corrected chi connectivity index (χ4v) is 1.53. The summed E-state index contributed by atoms with van der Waals surface area (Å²) in [5.74, 6) is -0.325. The van der Waals surface area contributed by atoms with Crippen LogP contribution in [-0.2, 0) is 0 Å².